The van der Waals surface area contributed by atoms with E-state index in [1.54, 1.807) is 10.6 Å². The predicted molar refractivity (Wildman–Crippen MR) is 121 cm³/mol. The number of rotatable bonds is 6. The smallest absolute Gasteiger partial charge is 0.259 e. The van der Waals surface area contributed by atoms with E-state index in [-0.39, 0.29) is 12.5 Å². The van der Waals surface area contributed by atoms with E-state index in [1.807, 2.05) is 62.4 Å². The Bertz CT molecular complexity index is 1420. The molecule has 0 aliphatic heterocycles. The number of fused-ring (bicyclic) bond motifs is 1. The summed E-state index contributed by atoms with van der Waals surface area (Å²) in [4.78, 5) is 13.6. The van der Waals surface area contributed by atoms with Gasteiger partial charge in [0.25, 0.3) is 5.91 Å². The van der Waals surface area contributed by atoms with Crippen molar-refractivity contribution >= 4 is 27.9 Å². The Kier molecular flexibility index (Phi) is 5.16. The molecule has 32 heavy (non-hydrogen) atoms. The number of ether oxygens (including phenoxy) is 1. The van der Waals surface area contributed by atoms with Gasteiger partial charge in [-0.25, -0.2) is 0 Å². The molecule has 5 rings (SSSR count). The van der Waals surface area contributed by atoms with Gasteiger partial charge >= 0.3 is 0 Å². The van der Waals surface area contributed by atoms with Gasteiger partial charge in [-0.15, -0.1) is 10.2 Å². The Balaban J connectivity index is 1.32. The summed E-state index contributed by atoms with van der Waals surface area (Å²) < 4.78 is 13.0. The van der Waals surface area contributed by atoms with Crippen LogP contribution in [0.1, 0.15) is 27.5 Å². The van der Waals surface area contributed by atoms with Gasteiger partial charge in [-0.3, -0.25) is 4.79 Å². The minimum atomic E-state index is -0.270. The highest BCUT2D eigenvalue weighted by atomic mass is 32.1. The minimum Gasteiger partial charge on any atom is -0.485 e. The van der Waals surface area contributed by atoms with Gasteiger partial charge in [0.05, 0.1) is 11.8 Å². The number of aryl methyl sites for hydroxylation is 2. The molecule has 5 aromatic rings. The van der Waals surface area contributed by atoms with Crippen molar-refractivity contribution in [3.05, 3.63) is 83.6 Å². The van der Waals surface area contributed by atoms with Gasteiger partial charge < -0.3 is 14.5 Å². The Morgan fingerprint density at radius 1 is 1.12 bits per heavy atom. The maximum Gasteiger partial charge on any atom is 0.259 e. The van der Waals surface area contributed by atoms with Crippen LogP contribution in [-0.2, 0) is 6.61 Å². The number of anilines is 1. The lowest BCUT2D eigenvalue weighted by Crippen LogP contribution is -2.13. The second kappa shape index (κ2) is 8.27. The first-order valence-electron chi connectivity index (χ1n) is 9.94. The topological polar surface area (TPSA) is 94.5 Å². The zero-order chi connectivity index (χ0) is 22.1. The summed E-state index contributed by atoms with van der Waals surface area (Å²) in [6, 6.07) is 16.9. The fraction of sp³-hybridized carbons (Fsp3) is 0.130. The van der Waals surface area contributed by atoms with E-state index in [0.29, 0.717) is 17.0 Å². The van der Waals surface area contributed by atoms with Crippen LogP contribution in [0.5, 0.6) is 5.75 Å². The van der Waals surface area contributed by atoms with Gasteiger partial charge in [-0.2, -0.15) is 9.61 Å². The van der Waals surface area contributed by atoms with Crippen molar-refractivity contribution in [2.45, 2.75) is 20.5 Å². The molecule has 0 saturated heterocycles. The summed E-state index contributed by atoms with van der Waals surface area (Å²) in [5.74, 6) is 1.68. The Hall–Kier alpha value is -3.98. The molecule has 1 amide bonds. The van der Waals surface area contributed by atoms with Crippen molar-refractivity contribution < 1.29 is 13.9 Å². The zero-order valence-corrected chi connectivity index (χ0v) is 18.2. The number of hydrogen-bond acceptors (Lipinski definition) is 7. The first-order chi connectivity index (χ1) is 15.6. The minimum absolute atomic E-state index is 0.160. The highest BCUT2D eigenvalue weighted by Crippen LogP contribution is 2.28. The quantitative estimate of drug-likeness (QED) is 0.400. The number of nitrogens with zero attached hydrogens (tertiary/aromatic N) is 4. The molecule has 2 aromatic carbocycles. The normalized spacial score (nSPS) is 11.1. The third-order valence-corrected chi connectivity index (χ3v) is 5.90. The summed E-state index contributed by atoms with van der Waals surface area (Å²) in [5, 5.41) is 16.4. The molecular formula is C23H19N5O3S. The average Bonchev–Trinajstić information content (AvgIpc) is 3.51. The number of aromatic nitrogens is 4. The number of furan rings is 1. The number of carbonyl (C=O) groups excluding carboxylic acids is 1. The molecule has 3 aromatic heterocycles. The van der Waals surface area contributed by atoms with Gasteiger partial charge in [0.15, 0.2) is 11.6 Å². The van der Waals surface area contributed by atoms with E-state index < -0.39 is 0 Å². The van der Waals surface area contributed by atoms with Crippen LogP contribution in [0, 0.1) is 13.8 Å². The van der Waals surface area contributed by atoms with Crippen LogP contribution in [0.4, 0.5) is 5.69 Å². The van der Waals surface area contributed by atoms with Crippen LogP contribution in [0.15, 0.2) is 65.3 Å². The molecule has 0 unspecified atom stereocenters. The fourth-order valence-electron chi connectivity index (χ4n) is 3.28. The van der Waals surface area contributed by atoms with E-state index in [4.69, 9.17) is 9.15 Å². The third-order valence-electron chi connectivity index (χ3n) is 4.96. The molecule has 9 heteroatoms. The number of nitrogens with one attached hydrogen (secondary N) is 1. The van der Waals surface area contributed by atoms with Crippen molar-refractivity contribution in [1.82, 2.24) is 19.8 Å². The van der Waals surface area contributed by atoms with Crippen molar-refractivity contribution in [2.75, 3.05) is 5.32 Å². The number of benzene rings is 2. The summed E-state index contributed by atoms with van der Waals surface area (Å²) in [7, 11) is 0. The third kappa shape index (κ3) is 3.85. The number of carbonyl (C=O) groups is 1. The van der Waals surface area contributed by atoms with Crippen molar-refractivity contribution in [2.24, 2.45) is 0 Å². The first kappa shape index (κ1) is 20.0. The lowest BCUT2D eigenvalue weighted by molar-refractivity contribution is 0.102. The standard InChI is InChI=1S/C23H19N5O3S/c1-14-6-3-4-9-19(14)31-13-20-18(10-11-30-20)21(29)24-17-8-5-7-16(12-17)22-27-28-15(2)25-26-23(28)32-22/h3-12H,13H2,1-2H3,(H,24,29). The Labute approximate surface area is 187 Å². The molecule has 0 atom stereocenters. The molecule has 0 radical (unpaired) electrons. The molecule has 160 valence electrons. The molecule has 0 aliphatic rings. The zero-order valence-electron chi connectivity index (χ0n) is 17.4. The summed E-state index contributed by atoms with van der Waals surface area (Å²) in [6.45, 7) is 3.98. The largest absolute Gasteiger partial charge is 0.485 e. The monoisotopic (exact) mass is 445 g/mol. The molecule has 0 fully saturated rings. The second-order valence-corrected chi connectivity index (χ2v) is 8.15. The molecule has 3 heterocycles. The summed E-state index contributed by atoms with van der Waals surface area (Å²) in [5.41, 5.74) is 2.98. The van der Waals surface area contributed by atoms with Crippen LogP contribution in [0.3, 0.4) is 0 Å². The highest BCUT2D eigenvalue weighted by Gasteiger charge is 2.17. The lowest BCUT2D eigenvalue weighted by atomic mass is 10.2. The van der Waals surface area contributed by atoms with Gasteiger partial charge in [-0.05, 0) is 43.7 Å². The highest BCUT2D eigenvalue weighted by molar-refractivity contribution is 7.19. The van der Waals surface area contributed by atoms with Crippen molar-refractivity contribution in [1.29, 1.82) is 0 Å². The van der Waals surface area contributed by atoms with E-state index in [9.17, 15) is 4.79 Å². The molecule has 0 aliphatic carbocycles. The van der Waals surface area contributed by atoms with Crippen LogP contribution in [-0.4, -0.2) is 25.7 Å². The maximum atomic E-state index is 12.9. The summed E-state index contributed by atoms with van der Waals surface area (Å²) in [6.07, 6.45) is 1.49. The maximum absolute atomic E-state index is 12.9. The van der Waals surface area contributed by atoms with E-state index in [1.165, 1.54) is 17.6 Å². The predicted octanol–water partition coefficient (Wildman–Crippen LogP) is 4.89. The van der Waals surface area contributed by atoms with Crippen molar-refractivity contribution in [3.63, 3.8) is 0 Å². The van der Waals surface area contributed by atoms with Crippen LogP contribution >= 0.6 is 11.3 Å². The molecule has 0 spiro atoms. The van der Waals surface area contributed by atoms with Crippen molar-refractivity contribution in [3.8, 4) is 16.3 Å². The SMILES string of the molecule is Cc1ccccc1OCc1occc1C(=O)Nc1cccc(-c2nn3c(C)nnc3s2)c1. The average molecular weight is 446 g/mol. The van der Waals surface area contributed by atoms with E-state index in [2.05, 4.69) is 20.6 Å². The van der Waals surface area contributed by atoms with E-state index in [0.717, 1.165) is 32.7 Å². The Morgan fingerprint density at radius 3 is 2.84 bits per heavy atom. The first-order valence-corrected chi connectivity index (χ1v) is 10.8. The summed E-state index contributed by atoms with van der Waals surface area (Å²) >= 11 is 1.44. The van der Waals surface area contributed by atoms with E-state index >= 15 is 0 Å². The number of amides is 1. The Morgan fingerprint density at radius 2 is 2.00 bits per heavy atom. The van der Waals surface area contributed by atoms with Crippen LogP contribution < -0.4 is 10.1 Å². The lowest BCUT2D eigenvalue weighted by Gasteiger charge is -2.09. The van der Waals surface area contributed by atoms with Crippen LogP contribution in [0.2, 0.25) is 0 Å². The van der Waals surface area contributed by atoms with Crippen LogP contribution in [0.25, 0.3) is 15.5 Å². The molecule has 0 saturated carbocycles. The van der Waals surface area contributed by atoms with Gasteiger partial charge in [0.1, 0.15) is 17.4 Å². The second-order valence-electron chi connectivity index (χ2n) is 7.20. The fourth-order valence-corrected chi connectivity index (χ4v) is 4.16. The molecule has 8 nitrogen and oxygen atoms in total. The molecule has 0 bridgehead atoms. The molecule has 1 N–H and O–H groups in total. The number of para-hydroxylation sites is 1. The number of hydrogen-bond donors (Lipinski definition) is 1. The van der Waals surface area contributed by atoms with Gasteiger partial charge in [-0.1, -0.05) is 41.7 Å². The molecular weight excluding hydrogens is 426 g/mol. The van der Waals surface area contributed by atoms with Gasteiger partial charge in [0, 0.05) is 11.3 Å². The van der Waals surface area contributed by atoms with Gasteiger partial charge in [0.2, 0.25) is 4.96 Å².